The van der Waals surface area contributed by atoms with Crippen LogP contribution in [0.15, 0.2) is 30.3 Å². The second-order valence-electron chi connectivity index (χ2n) is 4.85. The van der Waals surface area contributed by atoms with Gasteiger partial charge in [0.15, 0.2) is 0 Å². The van der Waals surface area contributed by atoms with Crippen molar-refractivity contribution in [1.29, 1.82) is 0 Å². The van der Waals surface area contributed by atoms with Crippen LogP contribution in [0.3, 0.4) is 0 Å². The van der Waals surface area contributed by atoms with E-state index in [1.807, 2.05) is 44.2 Å². The molecule has 1 unspecified atom stereocenters. The molecule has 0 radical (unpaired) electrons. The second-order valence-corrected chi connectivity index (χ2v) is 6.10. The van der Waals surface area contributed by atoms with E-state index in [0.717, 1.165) is 22.3 Å². The van der Waals surface area contributed by atoms with Gasteiger partial charge in [0, 0.05) is 10.0 Å². The zero-order valence-electron chi connectivity index (χ0n) is 11.1. The topological polar surface area (TPSA) is 0 Å². The van der Waals surface area contributed by atoms with E-state index in [-0.39, 0.29) is 5.38 Å². The number of benzene rings is 2. The minimum absolute atomic E-state index is 0.333. The van der Waals surface area contributed by atoms with Crippen LogP contribution < -0.4 is 0 Å². The first kappa shape index (κ1) is 14.7. The fourth-order valence-electron chi connectivity index (χ4n) is 2.00. The summed E-state index contributed by atoms with van der Waals surface area (Å²) in [7, 11) is 0. The van der Waals surface area contributed by atoms with Crippen molar-refractivity contribution in [2.24, 2.45) is 0 Å². The van der Waals surface area contributed by atoms with Crippen molar-refractivity contribution in [3.63, 3.8) is 0 Å². The van der Waals surface area contributed by atoms with Crippen LogP contribution in [0.4, 0.5) is 0 Å². The predicted molar refractivity (Wildman–Crippen MR) is 84.8 cm³/mol. The van der Waals surface area contributed by atoms with E-state index >= 15 is 0 Å². The number of halogens is 3. The third-order valence-corrected chi connectivity index (χ3v) is 4.44. The third-order valence-electron chi connectivity index (χ3n) is 3.32. The highest BCUT2D eigenvalue weighted by atomic mass is 35.5. The number of hydrogen-bond acceptors (Lipinski definition) is 0. The highest BCUT2D eigenvalue weighted by molar-refractivity contribution is 6.35. The first-order valence-corrected chi connectivity index (χ1v) is 7.26. The fourth-order valence-corrected chi connectivity index (χ4v) is 3.16. The average Bonchev–Trinajstić information content (AvgIpc) is 2.33. The summed E-state index contributed by atoms with van der Waals surface area (Å²) < 4.78 is 0. The van der Waals surface area contributed by atoms with Crippen LogP contribution in [-0.4, -0.2) is 0 Å². The molecule has 0 spiro atoms. The van der Waals surface area contributed by atoms with Gasteiger partial charge in [-0.3, -0.25) is 0 Å². The molecule has 100 valence electrons. The van der Waals surface area contributed by atoms with Gasteiger partial charge in [-0.2, -0.15) is 0 Å². The van der Waals surface area contributed by atoms with Gasteiger partial charge in [-0.05, 0) is 60.7 Å². The van der Waals surface area contributed by atoms with E-state index in [0.29, 0.717) is 10.0 Å². The van der Waals surface area contributed by atoms with Crippen LogP contribution in [-0.2, 0) is 0 Å². The van der Waals surface area contributed by atoms with E-state index in [2.05, 4.69) is 6.92 Å². The van der Waals surface area contributed by atoms with Crippen LogP contribution in [0.2, 0.25) is 10.0 Å². The average molecular weight is 314 g/mol. The Morgan fingerprint density at radius 3 is 2.00 bits per heavy atom. The summed E-state index contributed by atoms with van der Waals surface area (Å²) in [5, 5.41) is 1.02. The number of aryl methyl sites for hydroxylation is 3. The van der Waals surface area contributed by atoms with Crippen molar-refractivity contribution < 1.29 is 0 Å². The predicted octanol–water partition coefficient (Wildman–Crippen LogP) is 6.25. The maximum atomic E-state index is 6.55. The molecule has 0 aliphatic carbocycles. The highest BCUT2D eigenvalue weighted by Gasteiger charge is 2.18. The molecule has 2 rings (SSSR count). The molecule has 0 heterocycles. The lowest BCUT2D eigenvalue weighted by Crippen LogP contribution is -1.98. The molecule has 3 heteroatoms. The smallest absolute Gasteiger partial charge is 0.0864 e. The molecule has 0 nitrogen and oxygen atoms in total. The van der Waals surface area contributed by atoms with Crippen molar-refractivity contribution in [1.82, 2.24) is 0 Å². The Kier molecular flexibility index (Phi) is 4.45. The van der Waals surface area contributed by atoms with Gasteiger partial charge in [0.2, 0.25) is 0 Å². The number of hydrogen-bond donors (Lipinski definition) is 0. The maximum absolute atomic E-state index is 6.55. The summed E-state index contributed by atoms with van der Waals surface area (Å²) in [5.41, 5.74) is 5.24. The summed E-state index contributed by atoms with van der Waals surface area (Å²) in [4.78, 5) is 0. The van der Waals surface area contributed by atoms with Crippen LogP contribution in [0.1, 0.15) is 33.2 Å². The lowest BCUT2D eigenvalue weighted by atomic mass is 9.99. The molecule has 0 saturated carbocycles. The molecule has 0 aliphatic heterocycles. The molecule has 2 aromatic carbocycles. The quantitative estimate of drug-likeness (QED) is 0.575. The van der Waals surface area contributed by atoms with Gasteiger partial charge in [-0.1, -0.05) is 41.4 Å². The van der Waals surface area contributed by atoms with Gasteiger partial charge in [-0.15, -0.1) is 11.6 Å². The lowest BCUT2D eigenvalue weighted by molar-refractivity contribution is 1.12. The van der Waals surface area contributed by atoms with Crippen molar-refractivity contribution in [2.75, 3.05) is 0 Å². The Morgan fingerprint density at radius 2 is 1.37 bits per heavy atom. The molecule has 0 aromatic heterocycles. The van der Waals surface area contributed by atoms with E-state index < -0.39 is 0 Å². The molecule has 1 atom stereocenters. The summed E-state index contributed by atoms with van der Waals surface area (Å²) in [6.07, 6.45) is 0. The molecule has 0 N–H and O–H groups in total. The Balaban J connectivity index is 2.49. The van der Waals surface area contributed by atoms with E-state index in [1.165, 1.54) is 5.56 Å². The molecule has 19 heavy (non-hydrogen) atoms. The third kappa shape index (κ3) is 3.08. The Labute approximate surface area is 129 Å². The fraction of sp³-hybridized carbons (Fsp3) is 0.250. The van der Waals surface area contributed by atoms with E-state index in [9.17, 15) is 0 Å². The van der Waals surface area contributed by atoms with E-state index in [1.54, 1.807) is 0 Å². The molecule has 0 bridgehead atoms. The summed E-state index contributed by atoms with van der Waals surface area (Å²) in [5.74, 6) is 0. The molecule has 0 fully saturated rings. The van der Waals surface area contributed by atoms with Gasteiger partial charge in [0.25, 0.3) is 0 Å². The highest BCUT2D eigenvalue weighted by Crippen LogP contribution is 2.38. The monoisotopic (exact) mass is 312 g/mol. The minimum atomic E-state index is -0.333. The first-order valence-electron chi connectivity index (χ1n) is 6.07. The second kappa shape index (κ2) is 5.75. The van der Waals surface area contributed by atoms with Gasteiger partial charge in [-0.25, -0.2) is 0 Å². The SMILES string of the molecule is Cc1ccc(C(Cl)c2cc(C)c(C)cc2Cl)c(Cl)c1. The first-order chi connectivity index (χ1) is 8.90. The summed E-state index contributed by atoms with van der Waals surface area (Å²) in [6, 6.07) is 9.86. The maximum Gasteiger partial charge on any atom is 0.0864 e. The van der Waals surface area contributed by atoms with Crippen molar-refractivity contribution >= 4 is 34.8 Å². The summed E-state index contributed by atoms with van der Waals surface area (Å²) in [6.45, 7) is 6.09. The molecular weight excluding hydrogens is 299 g/mol. The van der Waals surface area contributed by atoms with Crippen LogP contribution >= 0.6 is 34.8 Å². The van der Waals surface area contributed by atoms with E-state index in [4.69, 9.17) is 34.8 Å². The van der Waals surface area contributed by atoms with Gasteiger partial charge in [0.1, 0.15) is 0 Å². The van der Waals surface area contributed by atoms with Gasteiger partial charge in [0.05, 0.1) is 5.38 Å². The van der Waals surface area contributed by atoms with Gasteiger partial charge < -0.3 is 0 Å². The summed E-state index contributed by atoms with van der Waals surface area (Å²) >= 11 is 19.1. The van der Waals surface area contributed by atoms with Crippen molar-refractivity contribution in [2.45, 2.75) is 26.1 Å². The Hall–Kier alpha value is -0.690. The Bertz CT molecular complexity index is 618. The van der Waals surface area contributed by atoms with Crippen LogP contribution in [0, 0.1) is 20.8 Å². The lowest BCUT2D eigenvalue weighted by Gasteiger charge is -2.16. The van der Waals surface area contributed by atoms with Crippen LogP contribution in [0.5, 0.6) is 0 Å². The molecule has 2 aromatic rings. The van der Waals surface area contributed by atoms with Crippen molar-refractivity contribution in [3.8, 4) is 0 Å². The molecule has 0 amide bonds. The molecular formula is C16H15Cl3. The molecule has 0 aliphatic rings. The normalized spacial score (nSPS) is 12.5. The van der Waals surface area contributed by atoms with Crippen LogP contribution in [0.25, 0.3) is 0 Å². The Morgan fingerprint density at radius 1 is 0.789 bits per heavy atom. The zero-order valence-corrected chi connectivity index (χ0v) is 13.4. The number of rotatable bonds is 2. The van der Waals surface area contributed by atoms with Crippen molar-refractivity contribution in [3.05, 3.63) is 68.2 Å². The van der Waals surface area contributed by atoms with Gasteiger partial charge >= 0.3 is 0 Å². The standard InChI is InChI=1S/C16H15Cl3/c1-9-4-5-12(14(17)6-9)16(19)13-7-10(2)11(3)8-15(13)18/h4-8,16H,1-3H3. The largest absolute Gasteiger partial charge is 0.112 e. The zero-order chi connectivity index (χ0) is 14.2. The molecule has 0 saturated heterocycles. The minimum Gasteiger partial charge on any atom is -0.112 e. The number of alkyl halides is 1.